The lowest BCUT2D eigenvalue weighted by molar-refractivity contribution is 0.105. The first kappa shape index (κ1) is 13.0. The number of rotatable bonds is 3. The summed E-state index contributed by atoms with van der Waals surface area (Å²) in [5, 5.41) is 11.6. The van der Waals surface area contributed by atoms with Crippen LogP contribution in [-0.4, -0.2) is 33.4 Å². The molecule has 2 N–H and O–H groups in total. The Labute approximate surface area is 115 Å². The van der Waals surface area contributed by atoms with Crippen molar-refractivity contribution in [3.8, 4) is 11.4 Å². The third-order valence-electron chi connectivity index (χ3n) is 3.76. The van der Waals surface area contributed by atoms with Crippen LogP contribution in [0.5, 0.6) is 0 Å². The zero-order valence-electron chi connectivity index (χ0n) is 11.2. The summed E-state index contributed by atoms with van der Waals surface area (Å²) in [4.78, 5) is 0. The molecule has 0 radical (unpaired) electrons. The minimum Gasteiger partial charge on any atom is -0.399 e. The maximum atomic E-state index is 14.0. The molecule has 3 rings (SSSR count). The molecule has 7 heteroatoms. The standard InChI is InChI=1S/C13H16FN5O/c1-20-10-4-3-9(7-10)19-13(16-17-18-19)11-5-2-8(15)6-12(11)14/h2,5-6,9-10H,3-4,7,15H2,1H3. The van der Waals surface area contributed by atoms with Crippen LogP contribution in [0, 0.1) is 5.82 Å². The molecule has 0 bridgehead atoms. The maximum absolute atomic E-state index is 14.0. The van der Waals surface area contributed by atoms with Gasteiger partial charge in [-0.3, -0.25) is 0 Å². The van der Waals surface area contributed by atoms with E-state index in [0.717, 1.165) is 19.3 Å². The molecular formula is C13H16FN5O. The van der Waals surface area contributed by atoms with Gasteiger partial charge in [-0.1, -0.05) is 0 Å². The average Bonchev–Trinajstić information content (AvgIpc) is 3.06. The molecule has 2 atom stereocenters. The average molecular weight is 277 g/mol. The molecule has 2 unspecified atom stereocenters. The molecule has 1 aliphatic carbocycles. The van der Waals surface area contributed by atoms with Crippen LogP contribution in [0.3, 0.4) is 0 Å². The van der Waals surface area contributed by atoms with Gasteiger partial charge in [-0.15, -0.1) is 5.10 Å². The summed E-state index contributed by atoms with van der Waals surface area (Å²) in [6, 6.07) is 4.67. The molecule has 1 heterocycles. The van der Waals surface area contributed by atoms with Crippen molar-refractivity contribution in [2.75, 3.05) is 12.8 Å². The summed E-state index contributed by atoms with van der Waals surface area (Å²) in [6.45, 7) is 0. The molecule has 1 aliphatic rings. The number of ether oxygens (including phenoxy) is 1. The summed E-state index contributed by atoms with van der Waals surface area (Å²) in [5.41, 5.74) is 6.31. The maximum Gasteiger partial charge on any atom is 0.185 e. The number of halogens is 1. The number of hydrogen-bond donors (Lipinski definition) is 1. The summed E-state index contributed by atoms with van der Waals surface area (Å²) in [5.74, 6) is 0.0200. The minimum atomic E-state index is -0.415. The van der Waals surface area contributed by atoms with Crippen molar-refractivity contribution >= 4 is 5.69 Å². The van der Waals surface area contributed by atoms with E-state index in [4.69, 9.17) is 10.5 Å². The molecule has 6 nitrogen and oxygen atoms in total. The van der Waals surface area contributed by atoms with E-state index >= 15 is 0 Å². The van der Waals surface area contributed by atoms with Gasteiger partial charge >= 0.3 is 0 Å². The highest BCUT2D eigenvalue weighted by Gasteiger charge is 2.29. The monoisotopic (exact) mass is 277 g/mol. The highest BCUT2D eigenvalue weighted by molar-refractivity contribution is 5.59. The largest absolute Gasteiger partial charge is 0.399 e. The van der Waals surface area contributed by atoms with E-state index in [-0.39, 0.29) is 12.1 Å². The van der Waals surface area contributed by atoms with E-state index in [2.05, 4.69) is 15.5 Å². The first-order valence-corrected chi connectivity index (χ1v) is 6.55. The first-order valence-electron chi connectivity index (χ1n) is 6.55. The Morgan fingerprint density at radius 1 is 1.40 bits per heavy atom. The zero-order chi connectivity index (χ0) is 14.1. The third kappa shape index (κ3) is 2.24. The molecule has 2 aromatic rings. The van der Waals surface area contributed by atoms with Gasteiger partial charge in [0.15, 0.2) is 5.82 Å². The number of aromatic nitrogens is 4. The Morgan fingerprint density at radius 3 is 2.95 bits per heavy atom. The number of tetrazole rings is 1. The Morgan fingerprint density at radius 2 is 2.25 bits per heavy atom. The fourth-order valence-corrected chi connectivity index (χ4v) is 2.68. The van der Waals surface area contributed by atoms with Crippen LogP contribution in [0.15, 0.2) is 18.2 Å². The van der Waals surface area contributed by atoms with Crippen LogP contribution in [-0.2, 0) is 4.74 Å². The van der Waals surface area contributed by atoms with Gasteiger partial charge in [0.25, 0.3) is 0 Å². The van der Waals surface area contributed by atoms with Crippen molar-refractivity contribution in [1.82, 2.24) is 20.2 Å². The Hall–Kier alpha value is -2.02. The number of anilines is 1. The predicted octanol–water partition coefficient (Wildman–Crippen LogP) is 1.80. The highest BCUT2D eigenvalue weighted by Crippen LogP contribution is 2.34. The predicted molar refractivity (Wildman–Crippen MR) is 71.3 cm³/mol. The van der Waals surface area contributed by atoms with Crippen LogP contribution in [0.4, 0.5) is 10.1 Å². The second-order valence-corrected chi connectivity index (χ2v) is 5.01. The second kappa shape index (κ2) is 5.16. The van der Waals surface area contributed by atoms with Crippen molar-refractivity contribution in [1.29, 1.82) is 0 Å². The molecule has 1 fully saturated rings. The topological polar surface area (TPSA) is 78.8 Å². The van der Waals surface area contributed by atoms with Crippen molar-refractivity contribution in [2.45, 2.75) is 31.4 Å². The van der Waals surface area contributed by atoms with Gasteiger partial charge in [0.2, 0.25) is 0 Å². The number of nitrogens with zero attached hydrogens (tertiary/aromatic N) is 4. The quantitative estimate of drug-likeness (QED) is 0.865. The Balaban J connectivity index is 1.94. The molecule has 106 valence electrons. The summed E-state index contributed by atoms with van der Waals surface area (Å²) >= 11 is 0. The third-order valence-corrected chi connectivity index (χ3v) is 3.76. The second-order valence-electron chi connectivity index (χ2n) is 5.01. The lowest BCUT2D eigenvalue weighted by atomic mass is 10.1. The van der Waals surface area contributed by atoms with Gasteiger partial charge in [0.1, 0.15) is 5.82 Å². The SMILES string of the molecule is COC1CCC(n2nnnc2-c2ccc(N)cc2F)C1. The normalized spacial score (nSPS) is 22.3. The molecule has 1 aromatic heterocycles. The highest BCUT2D eigenvalue weighted by atomic mass is 19.1. The number of nitrogen functional groups attached to an aromatic ring is 1. The zero-order valence-corrected chi connectivity index (χ0v) is 11.2. The number of benzene rings is 1. The summed E-state index contributed by atoms with van der Waals surface area (Å²) in [6.07, 6.45) is 2.94. The smallest absolute Gasteiger partial charge is 0.185 e. The molecular weight excluding hydrogens is 261 g/mol. The molecule has 1 saturated carbocycles. The van der Waals surface area contributed by atoms with Crippen LogP contribution < -0.4 is 5.73 Å². The summed E-state index contributed by atoms with van der Waals surface area (Å²) < 4.78 is 21.0. The van der Waals surface area contributed by atoms with E-state index in [1.165, 1.54) is 6.07 Å². The summed E-state index contributed by atoms with van der Waals surface area (Å²) in [7, 11) is 1.70. The number of nitrogens with two attached hydrogens (primary N) is 1. The number of hydrogen-bond acceptors (Lipinski definition) is 5. The van der Waals surface area contributed by atoms with Crippen molar-refractivity contribution < 1.29 is 9.13 Å². The molecule has 1 aromatic carbocycles. The van der Waals surface area contributed by atoms with Gasteiger partial charge in [-0.25, -0.2) is 9.07 Å². The van der Waals surface area contributed by atoms with Crippen LogP contribution in [0.2, 0.25) is 0 Å². The van der Waals surface area contributed by atoms with E-state index in [1.54, 1.807) is 23.9 Å². The fraction of sp³-hybridized carbons (Fsp3) is 0.462. The lowest BCUT2D eigenvalue weighted by Gasteiger charge is -2.13. The van der Waals surface area contributed by atoms with Crippen LogP contribution in [0.25, 0.3) is 11.4 Å². The minimum absolute atomic E-state index is 0.141. The van der Waals surface area contributed by atoms with E-state index in [0.29, 0.717) is 17.1 Å². The molecule has 0 spiro atoms. The van der Waals surface area contributed by atoms with E-state index < -0.39 is 5.82 Å². The van der Waals surface area contributed by atoms with Gasteiger partial charge in [-0.2, -0.15) is 0 Å². The van der Waals surface area contributed by atoms with Gasteiger partial charge in [0.05, 0.1) is 17.7 Å². The lowest BCUT2D eigenvalue weighted by Crippen LogP contribution is -2.12. The van der Waals surface area contributed by atoms with Crippen molar-refractivity contribution in [2.24, 2.45) is 0 Å². The van der Waals surface area contributed by atoms with Crippen molar-refractivity contribution in [3.63, 3.8) is 0 Å². The van der Waals surface area contributed by atoms with Gasteiger partial charge in [0, 0.05) is 12.8 Å². The molecule has 20 heavy (non-hydrogen) atoms. The Kier molecular flexibility index (Phi) is 3.35. The van der Waals surface area contributed by atoms with Crippen LogP contribution in [0.1, 0.15) is 25.3 Å². The van der Waals surface area contributed by atoms with Gasteiger partial charge < -0.3 is 10.5 Å². The van der Waals surface area contributed by atoms with Crippen molar-refractivity contribution in [3.05, 3.63) is 24.0 Å². The Bertz CT molecular complexity index is 615. The van der Waals surface area contributed by atoms with E-state index in [9.17, 15) is 4.39 Å². The first-order chi connectivity index (χ1) is 9.69. The van der Waals surface area contributed by atoms with Crippen LogP contribution >= 0.6 is 0 Å². The van der Waals surface area contributed by atoms with Gasteiger partial charge in [-0.05, 0) is 47.9 Å². The number of methoxy groups -OCH3 is 1. The fourth-order valence-electron chi connectivity index (χ4n) is 2.68. The molecule has 0 aliphatic heterocycles. The molecule has 0 amide bonds. The van der Waals surface area contributed by atoms with E-state index in [1.807, 2.05) is 0 Å². The molecule has 0 saturated heterocycles.